The second kappa shape index (κ2) is 14.1. The minimum atomic E-state index is -0.829. The lowest BCUT2D eigenvalue weighted by atomic mass is 10.0. The number of anilines is 2. The number of carbonyl (C=O) groups is 3. The van der Waals surface area contributed by atoms with Crippen LogP contribution in [0.25, 0.3) is 11.3 Å². The molecule has 1 heterocycles. The quantitative estimate of drug-likeness (QED) is 0.224. The van der Waals surface area contributed by atoms with Crippen LogP contribution in [0, 0.1) is 5.82 Å². The fourth-order valence-electron chi connectivity index (χ4n) is 4.67. The van der Waals surface area contributed by atoms with Crippen LogP contribution >= 0.6 is 0 Å². The number of amides is 3. The van der Waals surface area contributed by atoms with Gasteiger partial charge in [-0.1, -0.05) is 53.7 Å². The van der Waals surface area contributed by atoms with Gasteiger partial charge in [0.25, 0.3) is 5.91 Å². The van der Waals surface area contributed by atoms with Crippen molar-refractivity contribution >= 4 is 29.1 Å². The van der Waals surface area contributed by atoms with Gasteiger partial charge in [-0.2, -0.15) is 0 Å². The maximum atomic E-state index is 13.6. The molecule has 5 rings (SSSR count). The SMILES string of the molecule is COc1ccc(N(C)C(=O)C(Cc2ccccc2)NC(=O)Cn2cc(-c3ccc(NC(=O)c4cccc(F)c4)cc3)nn2)cc1. The highest BCUT2D eigenvalue weighted by Gasteiger charge is 2.26. The van der Waals surface area contributed by atoms with Crippen molar-refractivity contribution < 1.29 is 23.5 Å². The van der Waals surface area contributed by atoms with E-state index in [2.05, 4.69) is 20.9 Å². The number of hydrogen-bond acceptors (Lipinski definition) is 6. The van der Waals surface area contributed by atoms with E-state index in [-0.39, 0.29) is 18.0 Å². The van der Waals surface area contributed by atoms with Crippen molar-refractivity contribution in [3.8, 4) is 17.0 Å². The summed E-state index contributed by atoms with van der Waals surface area (Å²) in [4.78, 5) is 40.6. The van der Waals surface area contributed by atoms with Crippen molar-refractivity contribution in [1.82, 2.24) is 20.3 Å². The zero-order valence-corrected chi connectivity index (χ0v) is 24.7. The number of methoxy groups -OCH3 is 1. The van der Waals surface area contributed by atoms with Crippen molar-refractivity contribution in [2.75, 3.05) is 24.4 Å². The Bertz CT molecular complexity index is 1770. The van der Waals surface area contributed by atoms with E-state index >= 15 is 0 Å². The van der Waals surface area contributed by atoms with Crippen molar-refractivity contribution in [2.45, 2.75) is 19.0 Å². The van der Waals surface area contributed by atoms with Gasteiger partial charge in [-0.15, -0.1) is 5.10 Å². The van der Waals surface area contributed by atoms with Crippen LogP contribution in [0.15, 0.2) is 109 Å². The summed E-state index contributed by atoms with van der Waals surface area (Å²) < 4.78 is 20.1. The van der Waals surface area contributed by atoms with E-state index in [1.165, 1.54) is 27.8 Å². The molecule has 0 saturated carbocycles. The predicted octanol–water partition coefficient (Wildman–Crippen LogP) is 4.74. The van der Waals surface area contributed by atoms with Gasteiger partial charge in [0.15, 0.2) is 0 Å². The molecule has 11 heteroatoms. The molecule has 0 radical (unpaired) electrons. The molecule has 1 unspecified atom stereocenters. The van der Waals surface area contributed by atoms with Gasteiger partial charge < -0.3 is 20.3 Å². The third-order valence-corrected chi connectivity index (χ3v) is 7.08. The molecular formula is C34H31FN6O4. The topological polar surface area (TPSA) is 118 Å². The number of carbonyl (C=O) groups excluding carboxylic acids is 3. The number of aromatic nitrogens is 3. The molecule has 228 valence electrons. The molecule has 5 aromatic rings. The monoisotopic (exact) mass is 606 g/mol. The van der Waals surface area contributed by atoms with Gasteiger partial charge in [-0.25, -0.2) is 9.07 Å². The first-order valence-electron chi connectivity index (χ1n) is 14.1. The van der Waals surface area contributed by atoms with Gasteiger partial charge in [0, 0.05) is 36.0 Å². The molecule has 0 aliphatic heterocycles. The summed E-state index contributed by atoms with van der Waals surface area (Å²) in [6.45, 7) is -0.153. The summed E-state index contributed by atoms with van der Waals surface area (Å²) in [5, 5.41) is 13.8. The first-order chi connectivity index (χ1) is 21.8. The summed E-state index contributed by atoms with van der Waals surface area (Å²) in [6, 6.07) is 28.0. The van der Waals surface area contributed by atoms with Crippen molar-refractivity contribution in [3.63, 3.8) is 0 Å². The third-order valence-electron chi connectivity index (χ3n) is 7.08. The molecule has 0 aliphatic carbocycles. The predicted molar refractivity (Wildman–Crippen MR) is 168 cm³/mol. The molecule has 1 atom stereocenters. The van der Waals surface area contributed by atoms with Gasteiger partial charge in [0.05, 0.1) is 13.3 Å². The number of rotatable bonds is 11. The standard InChI is InChI=1S/C34H31FN6O4/c1-40(28-15-17-29(45-2)18-16-28)34(44)30(19-23-7-4-3-5-8-23)37-32(42)22-41-21-31(38-39-41)24-11-13-27(14-12-24)36-33(43)25-9-6-10-26(35)20-25/h3-18,20-21,30H,19,22H2,1-2H3,(H,36,43)(H,37,42). The van der Waals surface area contributed by atoms with Crippen LogP contribution < -0.4 is 20.3 Å². The van der Waals surface area contributed by atoms with E-state index in [1.807, 2.05) is 30.3 Å². The molecule has 0 bridgehead atoms. The van der Waals surface area contributed by atoms with E-state index in [4.69, 9.17) is 4.74 Å². The number of nitrogens with zero attached hydrogens (tertiary/aromatic N) is 4. The second-order valence-electron chi connectivity index (χ2n) is 10.2. The van der Waals surface area contributed by atoms with Gasteiger partial charge in [0.2, 0.25) is 11.8 Å². The highest BCUT2D eigenvalue weighted by Crippen LogP contribution is 2.21. The van der Waals surface area contributed by atoms with Crippen LogP contribution in [0.1, 0.15) is 15.9 Å². The van der Waals surface area contributed by atoms with Gasteiger partial charge in [0.1, 0.15) is 29.8 Å². The number of likely N-dealkylation sites (N-methyl/N-ethyl adjacent to an activating group) is 1. The van der Waals surface area contributed by atoms with Gasteiger partial charge >= 0.3 is 0 Å². The lowest BCUT2D eigenvalue weighted by Gasteiger charge is -2.25. The zero-order valence-electron chi connectivity index (χ0n) is 24.7. The van der Waals surface area contributed by atoms with E-state index < -0.39 is 23.7 Å². The molecule has 0 spiro atoms. The Balaban J connectivity index is 1.23. The Labute approximate surface area is 259 Å². The number of benzene rings is 4. The Morgan fingerprint density at radius 2 is 1.67 bits per heavy atom. The van der Waals surface area contributed by atoms with Crippen LogP contribution in [0.5, 0.6) is 5.75 Å². The average molecular weight is 607 g/mol. The fourth-order valence-corrected chi connectivity index (χ4v) is 4.67. The highest BCUT2D eigenvalue weighted by atomic mass is 19.1. The van der Waals surface area contributed by atoms with Crippen molar-refractivity contribution in [2.24, 2.45) is 0 Å². The highest BCUT2D eigenvalue weighted by molar-refractivity contribution is 6.04. The largest absolute Gasteiger partial charge is 0.497 e. The fraction of sp³-hybridized carbons (Fsp3) is 0.147. The molecule has 10 nitrogen and oxygen atoms in total. The summed E-state index contributed by atoms with van der Waals surface area (Å²) in [5.74, 6) is -0.933. The number of nitrogens with one attached hydrogen (secondary N) is 2. The minimum Gasteiger partial charge on any atom is -0.497 e. The van der Waals surface area contributed by atoms with E-state index in [0.29, 0.717) is 34.8 Å². The van der Waals surface area contributed by atoms with Crippen LogP contribution in [0.2, 0.25) is 0 Å². The number of hydrogen-bond donors (Lipinski definition) is 2. The smallest absolute Gasteiger partial charge is 0.255 e. The first-order valence-corrected chi connectivity index (χ1v) is 14.1. The lowest BCUT2D eigenvalue weighted by Crippen LogP contribution is -2.49. The molecular weight excluding hydrogens is 575 g/mol. The average Bonchev–Trinajstić information content (AvgIpc) is 3.52. The normalized spacial score (nSPS) is 11.4. The Hall–Kier alpha value is -5.84. The lowest BCUT2D eigenvalue weighted by molar-refractivity contribution is -0.127. The molecule has 1 aromatic heterocycles. The van der Waals surface area contributed by atoms with Crippen LogP contribution in [0.4, 0.5) is 15.8 Å². The molecule has 3 amide bonds. The second-order valence-corrected chi connectivity index (χ2v) is 10.2. The molecule has 0 fully saturated rings. The maximum absolute atomic E-state index is 13.6. The van der Waals surface area contributed by atoms with Crippen LogP contribution in [-0.2, 0) is 22.6 Å². The van der Waals surface area contributed by atoms with E-state index in [1.54, 1.807) is 68.9 Å². The maximum Gasteiger partial charge on any atom is 0.255 e. The Morgan fingerprint density at radius 1 is 0.933 bits per heavy atom. The Kier molecular flexibility index (Phi) is 9.58. The molecule has 45 heavy (non-hydrogen) atoms. The zero-order chi connectivity index (χ0) is 31.8. The summed E-state index contributed by atoms with van der Waals surface area (Å²) in [7, 11) is 3.24. The Morgan fingerprint density at radius 3 is 2.36 bits per heavy atom. The van der Waals surface area contributed by atoms with E-state index in [9.17, 15) is 18.8 Å². The minimum absolute atomic E-state index is 0.153. The van der Waals surface area contributed by atoms with Gasteiger partial charge in [-0.3, -0.25) is 14.4 Å². The number of ether oxygens (including phenoxy) is 1. The first kappa shape index (κ1) is 30.6. The third kappa shape index (κ3) is 7.96. The van der Waals surface area contributed by atoms with Crippen molar-refractivity contribution in [3.05, 3.63) is 126 Å². The summed E-state index contributed by atoms with van der Waals surface area (Å²) in [6.07, 6.45) is 1.92. The molecule has 4 aromatic carbocycles. The van der Waals surface area contributed by atoms with Crippen molar-refractivity contribution in [1.29, 1.82) is 0 Å². The molecule has 2 N–H and O–H groups in total. The van der Waals surface area contributed by atoms with Gasteiger partial charge in [-0.05, 0) is 60.2 Å². The molecule has 0 saturated heterocycles. The number of halogens is 1. The molecule has 0 aliphatic rings. The van der Waals surface area contributed by atoms with E-state index in [0.717, 1.165) is 11.6 Å². The summed E-state index contributed by atoms with van der Waals surface area (Å²) >= 11 is 0. The van der Waals surface area contributed by atoms with Crippen LogP contribution in [-0.4, -0.2) is 52.9 Å². The summed E-state index contributed by atoms with van der Waals surface area (Å²) in [5.41, 5.74) is 3.52. The van der Waals surface area contributed by atoms with Crippen LogP contribution in [0.3, 0.4) is 0 Å².